The lowest BCUT2D eigenvalue weighted by Crippen LogP contribution is -2.33. The van der Waals surface area contributed by atoms with E-state index in [0.29, 0.717) is 16.5 Å². The first-order chi connectivity index (χ1) is 11.4. The molecule has 0 fully saturated rings. The molecule has 2 heterocycles. The Hall–Kier alpha value is -2.08. The van der Waals surface area contributed by atoms with Gasteiger partial charge in [0.15, 0.2) is 5.16 Å². The third-order valence-corrected chi connectivity index (χ3v) is 5.30. The number of amides is 1. The Bertz CT molecular complexity index is 873. The molecule has 3 rings (SSSR count). The van der Waals surface area contributed by atoms with Gasteiger partial charge >= 0.3 is 0 Å². The predicted molar refractivity (Wildman–Crippen MR) is 96.9 cm³/mol. The quantitative estimate of drug-likeness (QED) is 0.687. The first-order valence-electron chi connectivity index (χ1n) is 8.03. The average Bonchev–Trinajstić information content (AvgIpc) is 2.54. The van der Waals surface area contributed by atoms with Crippen LogP contribution in [0.1, 0.15) is 41.5 Å². The molecule has 126 valence electrons. The summed E-state index contributed by atoms with van der Waals surface area (Å²) in [6.07, 6.45) is 0.272. The van der Waals surface area contributed by atoms with Crippen molar-refractivity contribution in [2.45, 2.75) is 38.3 Å². The predicted octanol–water partition coefficient (Wildman–Crippen LogP) is 2.98. The number of carbonyl (C=O) groups is 1. The van der Waals surface area contributed by atoms with E-state index in [1.54, 1.807) is 0 Å². The van der Waals surface area contributed by atoms with Crippen LogP contribution in [-0.2, 0) is 11.8 Å². The molecular formula is C18H21N3O2S. The minimum absolute atomic E-state index is 0.0675. The lowest BCUT2D eigenvalue weighted by atomic mass is 9.84. The Morgan fingerprint density at radius 2 is 2.08 bits per heavy atom. The Morgan fingerprint density at radius 3 is 2.79 bits per heavy atom. The summed E-state index contributed by atoms with van der Waals surface area (Å²) in [5, 5.41) is 3.50. The van der Waals surface area contributed by atoms with Gasteiger partial charge in [-0.05, 0) is 30.7 Å². The summed E-state index contributed by atoms with van der Waals surface area (Å²) >= 11 is 1.49. The number of anilines is 1. The molecule has 1 atom stereocenters. The molecule has 0 aliphatic carbocycles. The van der Waals surface area contributed by atoms with Gasteiger partial charge in [0, 0.05) is 19.4 Å². The summed E-state index contributed by atoms with van der Waals surface area (Å²) < 4.78 is 1.82. The first kappa shape index (κ1) is 16.8. The minimum atomic E-state index is -0.250. The molecule has 5 nitrogen and oxygen atoms in total. The van der Waals surface area contributed by atoms with E-state index >= 15 is 0 Å². The third kappa shape index (κ3) is 2.86. The first-order valence-corrected chi connectivity index (χ1v) is 9.01. The molecule has 1 aromatic heterocycles. The minimum Gasteiger partial charge on any atom is -0.312 e. The zero-order valence-corrected chi connectivity index (χ0v) is 15.2. The highest BCUT2D eigenvalue weighted by Crippen LogP contribution is 2.37. The van der Waals surface area contributed by atoms with Gasteiger partial charge in [-0.15, -0.1) is 0 Å². The van der Waals surface area contributed by atoms with E-state index in [9.17, 15) is 9.59 Å². The van der Waals surface area contributed by atoms with E-state index in [2.05, 4.69) is 16.4 Å². The fourth-order valence-corrected chi connectivity index (χ4v) is 3.89. The average molecular weight is 343 g/mol. The van der Waals surface area contributed by atoms with Crippen LogP contribution in [0.4, 0.5) is 5.82 Å². The molecule has 0 bridgehead atoms. The molecule has 1 aliphatic rings. The van der Waals surface area contributed by atoms with Crippen LogP contribution in [0, 0.1) is 13.8 Å². The number of aryl methyl sites for hydroxylation is 2. The van der Waals surface area contributed by atoms with Crippen LogP contribution < -0.4 is 10.9 Å². The van der Waals surface area contributed by atoms with Gasteiger partial charge in [0.1, 0.15) is 5.82 Å². The number of nitrogens with zero attached hydrogens (tertiary/aromatic N) is 2. The van der Waals surface area contributed by atoms with Gasteiger partial charge in [0.25, 0.3) is 5.56 Å². The van der Waals surface area contributed by atoms with Gasteiger partial charge in [0.05, 0.1) is 5.56 Å². The zero-order valence-electron chi connectivity index (χ0n) is 14.3. The maximum Gasteiger partial charge on any atom is 0.279 e. The van der Waals surface area contributed by atoms with Crippen LogP contribution in [0.3, 0.4) is 0 Å². The summed E-state index contributed by atoms with van der Waals surface area (Å²) in [6, 6.07) is 6.15. The fourth-order valence-electron chi connectivity index (χ4n) is 3.19. The van der Waals surface area contributed by atoms with E-state index in [1.807, 2.05) is 44.5 Å². The van der Waals surface area contributed by atoms with Crippen molar-refractivity contribution in [3.8, 4) is 0 Å². The molecule has 0 saturated heterocycles. The Morgan fingerprint density at radius 1 is 1.33 bits per heavy atom. The van der Waals surface area contributed by atoms with Crippen LogP contribution in [0.15, 0.2) is 28.2 Å². The van der Waals surface area contributed by atoms with E-state index in [0.717, 1.165) is 22.4 Å². The van der Waals surface area contributed by atoms with Crippen molar-refractivity contribution in [1.82, 2.24) is 9.55 Å². The van der Waals surface area contributed by atoms with E-state index in [4.69, 9.17) is 0 Å². The molecule has 0 saturated carbocycles. The van der Waals surface area contributed by atoms with Gasteiger partial charge in [-0.25, -0.2) is 0 Å². The summed E-state index contributed by atoms with van der Waals surface area (Å²) in [4.78, 5) is 29.2. The number of benzene rings is 1. The van der Waals surface area contributed by atoms with Crippen LogP contribution in [0.25, 0.3) is 0 Å². The Kier molecular flexibility index (Phi) is 4.49. The molecule has 1 aliphatic heterocycles. The molecule has 2 aromatic rings. The number of thioether (sulfide) groups is 1. The summed E-state index contributed by atoms with van der Waals surface area (Å²) in [5.74, 6) is 1.07. The smallest absolute Gasteiger partial charge is 0.279 e. The molecule has 1 N–H and O–H groups in total. The molecule has 1 amide bonds. The maximum atomic E-state index is 12.7. The van der Waals surface area contributed by atoms with Crippen molar-refractivity contribution in [3.63, 3.8) is 0 Å². The highest BCUT2D eigenvalue weighted by atomic mass is 32.2. The lowest BCUT2D eigenvalue weighted by molar-refractivity contribution is -0.116. The van der Waals surface area contributed by atoms with Gasteiger partial charge < -0.3 is 9.88 Å². The molecule has 1 aromatic carbocycles. The number of carbonyl (C=O) groups excluding carboxylic acids is 1. The summed E-state index contributed by atoms with van der Waals surface area (Å²) in [6.45, 7) is 6.04. The number of aromatic nitrogens is 2. The Balaban J connectivity index is 2.24. The SMILES string of the molecule is CCSc1nc(=O)c2c(n1C)NC(=O)CC2c1cc(C)ccc1C. The molecule has 24 heavy (non-hydrogen) atoms. The molecule has 0 radical (unpaired) electrons. The van der Waals surface area contributed by atoms with E-state index in [1.165, 1.54) is 11.8 Å². The van der Waals surface area contributed by atoms with Crippen LogP contribution in [-0.4, -0.2) is 21.2 Å². The zero-order chi connectivity index (χ0) is 17.4. The fraction of sp³-hybridized carbons (Fsp3) is 0.389. The summed E-state index contributed by atoms with van der Waals surface area (Å²) in [7, 11) is 1.84. The molecule has 0 spiro atoms. The number of fused-ring (bicyclic) bond motifs is 1. The van der Waals surface area contributed by atoms with Crippen LogP contribution in [0.2, 0.25) is 0 Å². The normalized spacial score (nSPS) is 16.7. The monoisotopic (exact) mass is 343 g/mol. The van der Waals surface area contributed by atoms with Crippen molar-refractivity contribution in [2.75, 3.05) is 11.1 Å². The number of hydrogen-bond donors (Lipinski definition) is 1. The topological polar surface area (TPSA) is 64.0 Å². The second-order valence-corrected chi connectivity index (χ2v) is 7.35. The van der Waals surface area contributed by atoms with Crippen LogP contribution >= 0.6 is 11.8 Å². The van der Waals surface area contributed by atoms with E-state index < -0.39 is 0 Å². The molecule has 1 unspecified atom stereocenters. The number of hydrogen-bond acceptors (Lipinski definition) is 4. The van der Waals surface area contributed by atoms with Gasteiger partial charge in [-0.1, -0.05) is 42.4 Å². The maximum absolute atomic E-state index is 12.7. The highest BCUT2D eigenvalue weighted by molar-refractivity contribution is 7.99. The second-order valence-electron chi connectivity index (χ2n) is 6.12. The van der Waals surface area contributed by atoms with Crippen molar-refractivity contribution < 1.29 is 4.79 Å². The second kappa shape index (κ2) is 6.43. The third-order valence-electron chi connectivity index (χ3n) is 4.38. The largest absolute Gasteiger partial charge is 0.312 e. The highest BCUT2D eigenvalue weighted by Gasteiger charge is 2.32. The van der Waals surface area contributed by atoms with Crippen LogP contribution in [0.5, 0.6) is 0 Å². The summed E-state index contributed by atoms with van der Waals surface area (Å²) in [5.41, 5.74) is 3.57. The molecular weight excluding hydrogens is 322 g/mol. The van der Waals surface area contributed by atoms with Gasteiger partial charge in [0.2, 0.25) is 5.91 Å². The molecule has 6 heteroatoms. The van der Waals surface area contributed by atoms with E-state index in [-0.39, 0.29) is 23.8 Å². The number of nitrogens with one attached hydrogen (secondary N) is 1. The van der Waals surface area contributed by atoms with Crippen molar-refractivity contribution in [1.29, 1.82) is 0 Å². The Labute approximate surface area is 145 Å². The van der Waals surface area contributed by atoms with Crippen molar-refractivity contribution in [2.24, 2.45) is 7.05 Å². The van der Waals surface area contributed by atoms with Gasteiger partial charge in [-0.3, -0.25) is 9.59 Å². The van der Waals surface area contributed by atoms with Crippen molar-refractivity contribution in [3.05, 3.63) is 50.8 Å². The number of rotatable bonds is 3. The van der Waals surface area contributed by atoms with Crippen molar-refractivity contribution >= 4 is 23.5 Å². The lowest BCUT2D eigenvalue weighted by Gasteiger charge is -2.28. The standard InChI is InChI=1S/C18H21N3O2S/c1-5-24-18-20-17(23)15-13(9-14(22)19-16(15)21(18)4)12-8-10(2)6-7-11(12)3/h6-8,13H,5,9H2,1-4H3,(H,19,22). The van der Waals surface area contributed by atoms with Gasteiger partial charge in [-0.2, -0.15) is 4.98 Å².